The molecule has 0 aliphatic rings. The first-order valence-electron chi connectivity index (χ1n) is 7.70. The number of aromatic nitrogens is 2. The van der Waals surface area contributed by atoms with E-state index in [0.717, 1.165) is 31.1 Å². The van der Waals surface area contributed by atoms with Gasteiger partial charge in [0.15, 0.2) is 0 Å². The fourth-order valence-electron chi connectivity index (χ4n) is 2.23. The average molecular weight is 293 g/mol. The third-order valence-electron chi connectivity index (χ3n) is 3.27. The van der Waals surface area contributed by atoms with E-state index in [4.69, 9.17) is 0 Å². The van der Waals surface area contributed by atoms with Crippen LogP contribution in [0, 0.1) is 0 Å². The van der Waals surface area contributed by atoms with E-state index < -0.39 is 0 Å². The Morgan fingerprint density at radius 1 is 1.19 bits per heavy atom. The molecule has 1 rings (SSSR count). The SMILES string of the molecule is CCN(c1ncc(CNC(C)(C)C)cn1)C(C)CN(C)C. The Morgan fingerprint density at radius 2 is 1.76 bits per heavy atom. The maximum atomic E-state index is 4.54. The molecule has 1 atom stereocenters. The Kier molecular flexibility index (Phi) is 6.55. The lowest BCUT2D eigenvalue weighted by atomic mass is 10.1. The maximum absolute atomic E-state index is 4.54. The molecular formula is C16H31N5. The highest BCUT2D eigenvalue weighted by Gasteiger charge is 2.16. The summed E-state index contributed by atoms with van der Waals surface area (Å²) in [5.74, 6) is 0.811. The van der Waals surface area contributed by atoms with Gasteiger partial charge >= 0.3 is 0 Å². The van der Waals surface area contributed by atoms with Crippen LogP contribution >= 0.6 is 0 Å². The van der Waals surface area contributed by atoms with E-state index in [0.29, 0.717) is 6.04 Å². The average Bonchev–Trinajstić information content (AvgIpc) is 2.37. The molecule has 5 heteroatoms. The maximum Gasteiger partial charge on any atom is 0.225 e. The molecule has 1 aromatic heterocycles. The summed E-state index contributed by atoms with van der Waals surface area (Å²) < 4.78 is 0. The Hall–Kier alpha value is -1.20. The molecule has 0 saturated heterocycles. The van der Waals surface area contributed by atoms with Crippen molar-refractivity contribution in [2.24, 2.45) is 0 Å². The van der Waals surface area contributed by atoms with Gasteiger partial charge in [0.2, 0.25) is 5.95 Å². The number of nitrogens with one attached hydrogen (secondary N) is 1. The Morgan fingerprint density at radius 3 is 2.19 bits per heavy atom. The molecule has 0 amide bonds. The molecule has 0 bridgehead atoms. The highest BCUT2D eigenvalue weighted by Crippen LogP contribution is 2.12. The Balaban J connectivity index is 2.70. The van der Waals surface area contributed by atoms with Crippen molar-refractivity contribution in [2.75, 3.05) is 32.1 Å². The van der Waals surface area contributed by atoms with Gasteiger partial charge in [-0.1, -0.05) is 0 Å². The van der Waals surface area contributed by atoms with Gasteiger partial charge in [0, 0.05) is 49.2 Å². The number of anilines is 1. The van der Waals surface area contributed by atoms with Crippen molar-refractivity contribution in [3.05, 3.63) is 18.0 Å². The number of hydrogen-bond donors (Lipinski definition) is 1. The summed E-state index contributed by atoms with van der Waals surface area (Å²) in [6.07, 6.45) is 3.85. The van der Waals surface area contributed by atoms with Gasteiger partial charge in [0.25, 0.3) is 0 Å². The number of hydrogen-bond acceptors (Lipinski definition) is 5. The lowest BCUT2D eigenvalue weighted by molar-refractivity contribution is 0.371. The summed E-state index contributed by atoms with van der Waals surface area (Å²) in [5.41, 5.74) is 1.22. The molecule has 0 radical (unpaired) electrons. The zero-order valence-corrected chi connectivity index (χ0v) is 14.6. The molecule has 1 unspecified atom stereocenters. The molecule has 0 aromatic carbocycles. The van der Waals surface area contributed by atoms with Crippen LogP contribution in [0.15, 0.2) is 12.4 Å². The highest BCUT2D eigenvalue weighted by molar-refractivity contribution is 5.31. The molecule has 1 aromatic rings. The molecule has 21 heavy (non-hydrogen) atoms. The van der Waals surface area contributed by atoms with Crippen molar-refractivity contribution in [3.8, 4) is 0 Å². The van der Waals surface area contributed by atoms with Crippen LogP contribution in [0.5, 0.6) is 0 Å². The van der Waals surface area contributed by atoms with E-state index in [2.05, 4.69) is 73.8 Å². The van der Waals surface area contributed by atoms with Gasteiger partial charge in [-0.3, -0.25) is 0 Å². The van der Waals surface area contributed by atoms with Crippen LogP contribution in [-0.2, 0) is 6.54 Å². The molecule has 0 saturated carbocycles. The van der Waals surface area contributed by atoms with Crippen molar-refractivity contribution in [1.29, 1.82) is 0 Å². The topological polar surface area (TPSA) is 44.3 Å². The standard InChI is InChI=1S/C16H31N5/c1-8-21(13(2)12-20(6)7)15-17-9-14(10-18-15)11-19-16(3,4)5/h9-10,13,19H,8,11-12H2,1-7H3. The van der Waals surface area contributed by atoms with E-state index in [1.165, 1.54) is 0 Å². The second-order valence-corrected chi connectivity index (χ2v) is 6.89. The van der Waals surface area contributed by atoms with Gasteiger partial charge in [-0.05, 0) is 48.7 Å². The monoisotopic (exact) mass is 293 g/mol. The van der Waals surface area contributed by atoms with Crippen LogP contribution < -0.4 is 10.2 Å². The van der Waals surface area contributed by atoms with Crippen molar-refractivity contribution in [3.63, 3.8) is 0 Å². The van der Waals surface area contributed by atoms with Crippen LogP contribution in [0.2, 0.25) is 0 Å². The van der Waals surface area contributed by atoms with Gasteiger partial charge in [-0.25, -0.2) is 9.97 Å². The summed E-state index contributed by atoms with van der Waals surface area (Å²) in [7, 11) is 4.18. The third kappa shape index (κ3) is 6.40. The molecule has 1 heterocycles. The minimum absolute atomic E-state index is 0.106. The normalized spacial score (nSPS) is 13.5. The highest BCUT2D eigenvalue weighted by atomic mass is 15.3. The summed E-state index contributed by atoms with van der Waals surface area (Å²) in [4.78, 5) is 13.5. The summed E-state index contributed by atoms with van der Waals surface area (Å²) in [6.45, 7) is 13.5. The van der Waals surface area contributed by atoms with Gasteiger partial charge in [0.1, 0.15) is 0 Å². The van der Waals surface area contributed by atoms with Crippen LogP contribution in [0.3, 0.4) is 0 Å². The van der Waals surface area contributed by atoms with Gasteiger partial charge in [-0.15, -0.1) is 0 Å². The van der Waals surface area contributed by atoms with Crippen LogP contribution in [-0.4, -0.2) is 53.6 Å². The molecule has 0 fully saturated rings. The molecule has 1 N–H and O–H groups in total. The quantitative estimate of drug-likeness (QED) is 0.834. The first-order chi connectivity index (χ1) is 9.73. The van der Waals surface area contributed by atoms with Crippen molar-refractivity contribution >= 4 is 5.95 Å². The largest absolute Gasteiger partial charge is 0.337 e. The lowest BCUT2D eigenvalue weighted by Gasteiger charge is -2.30. The van der Waals surface area contributed by atoms with Gasteiger partial charge in [0.05, 0.1) is 0 Å². The molecule has 120 valence electrons. The number of likely N-dealkylation sites (N-methyl/N-ethyl adjacent to an activating group) is 2. The second kappa shape index (κ2) is 7.71. The van der Waals surface area contributed by atoms with E-state index >= 15 is 0 Å². The smallest absolute Gasteiger partial charge is 0.225 e. The molecule has 5 nitrogen and oxygen atoms in total. The van der Waals surface area contributed by atoms with E-state index in [1.807, 2.05) is 12.4 Å². The second-order valence-electron chi connectivity index (χ2n) is 6.89. The molecule has 0 aliphatic heterocycles. The fraction of sp³-hybridized carbons (Fsp3) is 0.750. The van der Waals surface area contributed by atoms with Crippen molar-refractivity contribution < 1.29 is 0 Å². The summed E-state index contributed by atoms with van der Waals surface area (Å²) in [5, 5.41) is 3.45. The van der Waals surface area contributed by atoms with E-state index in [-0.39, 0.29) is 5.54 Å². The Labute approximate surface area is 129 Å². The van der Waals surface area contributed by atoms with E-state index in [1.54, 1.807) is 0 Å². The zero-order chi connectivity index (χ0) is 16.0. The van der Waals surface area contributed by atoms with Crippen LogP contribution in [0.1, 0.15) is 40.2 Å². The zero-order valence-electron chi connectivity index (χ0n) is 14.6. The number of nitrogens with zero attached hydrogens (tertiary/aromatic N) is 4. The van der Waals surface area contributed by atoms with Crippen LogP contribution in [0.25, 0.3) is 0 Å². The van der Waals surface area contributed by atoms with E-state index in [9.17, 15) is 0 Å². The minimum atomic E-state index is 0.106. The predicted octanol–water partition coefficient (Wildman–Crippen LogP) is 2.14. The van der Waals surface area contributed by atoms with Crippen molar-refractivity contribution in [1.82, 2.24) is 20.2 Å². The van der Waals surface area contributed by atoms with Gasteiger partial charge in [-0.2, -0.15) is 0 Å². The molecule has 0 spiro atoms. The predicted molar refractivity (Wildman–Crippen MR) is 89.7 cm³/mol. The third-order valence-corrected chi connectivity index (χ3v) is 3.27. The lowest BCUT2D eigenvalue weighted by Crippen LogP contribution is -2.41. The number of rotatable bonds is 7. The van der Waals surface area contributed by atoms with Crippen LogP contribution in [0.4, 0.5) is 5.95 Å². The minimum Gasteiger partial charge on any atom is -0.337 e. The molecule has 0 aliphatic carbocycles. The molecular weight excluding hydrogens is 262 g/mol. The summed E-state index contributed by atoms with van der Waals surface area (Å²) >= 11 is 0. The fourth-order valence-corrected chi connectivity index (χ4v) is 2.23. The summed E-state index contributed by atoms with van der Waals surface area (Å²) in [6, 6.07) is 0.392. The first-order valence-corrected chi connectivity index (χ1v) is 7.70. The first kappa shape index (κ1) is 17.9. The Bertz CT molecular complexity index is 408. The van der Waals surface area contributed by atoms with Gasteiger partial charge < -0.3 is 15.1 Å². The van der Waals surface area contributed by atoms with Crippen molar-refractivity contribution in [2.45, 2.75) is 52.7 Å².